The molecule has 0 radical (unpaired) electrons. The first-order chi connectivity index (χ1) is 14.8. The van der Waals surface area contributed by atoms with Crippen molar-refractivity contribution >= 4 is 17.7 Å². The molecule has 0 spiro atoms. The van der Waals surface area contributed by atoms with Crippen LogP contribution in [0, 0.1) is 18.6 Å². The van der Waals surface area contributed by atoms with Crippen molar-refractivity contribution in [1.82, 2.24) is 15.1 Å². The van der Waals surface area contributed by atoms with Gasteiger partial charge in [0, 0.05) is 37.3 Å². The van der Waals surface area contributed by atoms with E-state index in [9.17, 15) is 23.2 Å². The van der Waals surface area contributed by atoms with E-state index in [1.807, 2.05) is 13.0 Å². The summed E-state index contributed by atoms with van der Waals surface area (Å²) in [5, 5.41) is 2.62. The van der Waals surface area contributed by atoms with Crippen molar-refractivity contribution < 1.29 is 23.2 Å². The number of nitrogens with two attached hydrogens (primary N) is 1. The minimum atomic E-state index is -1.24. The van der Waals surface area contributed by atoms with Crippen LogP contribution >= 0.6 is 0 Å². The predicted octanol–water partition coefficient (Wildman–Crippen LogP) is 1.66. The second kappa shape index (κ2) is 9.65. The van der Waals surface area contributed by atoms with Gasteiger partial charge in [-0.05, 0) is 43.7 Å². The van der Waals surface area contributed by atoms with Crippen LogP contribution < -0.4 is 11.1 Å². The summed E-state index contributed by atoms with van der Waals surface area (Å²) in [4.78, 5) is 41.8. The fourth-order valence-electron chi connectivity index (χ4n) is 3.56. The predicted molar refractivity (Wildman–Crippen MR) is 110 cm³/mol. The van der Waals surface area contributed by atoms with E-state index in [-0.39, 0.29) is 31.7 Å². The molecule has 0 saturated carbocycles. The Labute approximate surface area is 178 Å². The number of nitrogens with one attached hydrogen (secondary N) is 1. The van der Waals surface area contributed by atoms with Crippen molar-refractivity contribution in [2.75, 3.05) is 26.2 Å². The van der Waals surface area contributed by atoms with E-state index in [1.165, 1.54) is 9.80 Å². The third-order valence-corrected chi connectivity index (χ3v) is 5.02. The molecule has 1 fully saturated rings. The zero-order valence-electron chi connectivity index (χ0n) is 17.1. The van der Waals surface area contributed by atoms with Crippen LogP contribution in [0.5, 0.6) is 0 Å². The highest BCUT2D eigenvalue weighted by atomic mass is 19.2. The first kappa shape index (κ1) is 22.4. The van der Waals surface area contributed by atoms with Gasteiger partial charge in [0.05, 0.1) is 0 Å². The van der Waals surface area contributed by atoms with Gasteiger partial charge in [-0.3, -0.25) is 14.4 Å². The number of nitrogens with zero attached hydrogens (tertiary/aromatic N) is 2. The third-order valence-electron chi connectivity index (χ3n) is 5.02. The molecule has 0 bridgehead atoms. The van der Waals surface area contributed by atoms with Gasteiger partial charge in [0.2, 0.25) is 0 Å². The summed E-state index contributed by atoms with van der Waals surface area (Å²) in [6, 6.07) is 9.71. The molecule has 1 saturated heterocycles. The molecule has 9 heteroatoms. The lowest BCUT2D eigenvalue weighted by Crippen LogP contribution is -2.63. The number of hydrogen-bond acceptors (Lipinski definition) is 4. The maximum absolute atomic E-state index is 13.7. The van der Waals surface area contributed by atoms with E-state index in [0.717, 1.165) is 23.8 Å². The number of carbonyl (C=O) groups excluding carboxylic acids is 3. The molecule has 1 atom stereocenters. The smallest absolute Gasteiger partial charge is 0.263 e. The number of halogens is 2. The summed E-state index contributed by atoms with van der Waals surface area (Å²) in [7, 11) is 0. The van der Waals surface area contributed by atoms with Crippen LogP contribution in [0.25, 0.3) is 0 Å². The lowest BCUT2D eigenvalue weighted by molar-refractivity contribution is -0.132. The maximum Gasteiger partial charge on any atom is 0.263 e. The lowest BCUT2D eigenvalue weighted by Gasteiger charge is -2.42. The fourth-order valence-corrected chi connectivity index (χ4v) is 3.56. The Kier molecular flexibility index (Phi) is 6.96. The summed E-state index contributed by atoms with van der Waals surface area (Å²) in [6.45, 7) is 2.62. The van der Waals surface area contributed by atoms with Crippen LogP contribution in [0.1, 0.15) is 32.7 Å². The van der Waals surface area contributed by atoms with Gasteiger partial charge in [0.25, 0.3) is 17.7 Å². The van der Waals surface area contributed by atoms with Crippen LogP contribution in [-0.4, -0.2) is 59.9 Å². The lowest BCUT2D eigenvalue weighted by atomic mass is 10.1. The highest BCUT2D eigenvalue weighted by Crippen LogP contribution is 2.22. The molecule has 1 aliphatic rings. The van der Waals surface area contributed by atoms with Crippen molar-refractivity contribution in [3.8, 4) is 0 Å². The molecule has 0 aliphatic carbocycles. The molecule has 1 heterocycles. The Morgan fingerprint density at radius 3 is 2.23 bits per heavy atom. The number of aryl methyl sites for hydroxylation is 1. The zero-order chi connectivity index (χ0) is 22.5. The molecule has 2 aromatic carbocycles. The molecule has 7 nitrogen and oxygen atoms in total. The first-order valence-corrected chi connectivity index (χ1v) is 9.95. The van der Waals surface area contributed by atoms with Gasteiger partial charge in [-0.15, -0.1) is 0 Å². The molecule has 1 aliphatic heterocycles. The second-order valence-electron chi connectivity index (χ2n) is 7.30. The molecular weight excluding hydrogens is 406 g/mol. The van der Waals surface area contributed by atoms with Crippen LogP contribution in [0.3, 0.4) is 0 Å². The maximum atomic E-state index is 13.7. The monoisotopic (exact) mass is 430 g/mol. The molecular formula is C22H24F2N4O3. The van der Waals surface area contributed by atoms with Gasteiger partial charge in [-0.25, -0.2) is 8.78 Å². The van der Waals surface area contributed by atoms with Gasteiger partial charge in [0.1, 0.15) is 0 Å². The van der Waals surface area contributed by atoms with E-state index < -0.39 is 35.5 Å². The van der Waals surface area contributed by atoms with Gasteiger partial charge < -0.3 is 20.9 Å². The average Bonchev–Trinajstić information content (AvgIpc) is 2.77. The quantitative estimate of drug-likeness (QED) is 0.754. The van der Waals surface area contributed by atoms with Crippen molar-refractivity contribution in [3.05, 3.63) is 70.8 Å². The normalized spacial score (nSPS) is 16.2. The van der Waals surface area contributed by atoms with Crippen molar-refractivity contribution in [1.29, 1.82) is 0 Å². The van der Waals surface area contributed by atoms with E-state index >= 15 is 0 Å². The minimum absolute atomic E-state index is 0.111. The van der Waals surface area contributed by atoms with E-state index in [2.05, 4.69) is 5.32 Å². The summed E-state index contributed by atoms with van der Waals surface area (Å²) < 4.78 is 27.0. The Hall–Kier alpha value is -3.33. The number of amides is 3. The van der Waals surface area contributed by atoms with Crippen LogP contribution in [-0.2, 0) is 4.79 Å². The van der Waals surface area contributed by atoms with E-state index in [1.54, 1.807) is 18.2 Å². The van der Waals surface area contributed by atoms with Crippen molar-refractivity contribution in [2.45, 2.75) is 19.5 Å². The standard InChI is InChI=1S/C22H24F2N4O3/c1-14-4-2-5-15(12-14)21(30)27-10-3-11-28(20(27)19(29)26-9-8-25)22(31)16-6-7-17(23)18(24)13-16/h2,4-7,12-13,20H,3,8-11,25H2,1H3,(H,26,29). The zero-order valence-corrected chi connectivity index (χ0v) is 17.1. The molecule has 164 valence electrons. The molecule has 3 amide bonds. The number of rotatable bonds is 5. The van der Waals surface area contributed by atoms with E-state index in [4.69, 9.17) is 5.73 Å². The number of hydrogen-bond donors (Lipinski definition) is 2. The van der Waals surface area contributed by atoms with Gasteiger partial charge in [-0.1, -0.05) is 17.7 Å². The van der Waals surface area contributed by atoms with Gasteiger partial charge >= 0.3 is 0 Å². The summed E-state index contributed by atoms with van der Waals surface area (Å²) in [5.74, 6) is -3.89. The molecule has 31 heavy (non-hydrogen) atoms. The molecule has 2 aromatic rings. The highest BCUT2D eigenvalue weighted by molar-refractivity contribution is 6.01. The van der Waals surface area contributed by atoms with Crippen molar-refractivity contribution in [3.63, 3.8) is 0 Å². The fraction of sp³-hybridized carbons (Fsp3) is 0.318. The topological polar surface area (TPSA) is 95.7 Å². The average molecular weight is 430 g/mol. The van der Waals surface area contributed by atoms with Gasteiger partial charge in [0.15, 0.2) is 17.8 Å². The Bertz CT molecular complexity index is 998. The summed E-state index contributed by atoms with van der Waals surface area (Å²) in [6.07, 6.45) is -0.817. The molecule has 0 aromatic heterocycles. The van der Waals surface area contributed by atoms with Crippen LogP contribution in [0.2, 0.25) is 0 Å². The molecule has 3 rings (SSSR count). The SMILES string of the molecule is Cc1cccc(C(=O)N2CCCN(C(=O)c3ccc(F)c(F)c3)C2C(=O)NCCN)c1. The Morgan fingerprint density at radius 1 is 1.00 bits per heavy atom. The minimum Gasteiger partial charge on any atom is -0.351 e. The van der Waals surface area contributed by atoms with Crippen molar-refractivity contribution in [2.24, 2.45) is 5.73 Å². The summed E-state index contributed by atoms with van der Waals surface area (Å²) in [5.41, 5.74) is 6.63. The molecule has 1 unspecified atom stereocenters. The largest absolute Gasteiger partial charge is 0.351 e. The first-order valence-electron chi connectivity index (χ1n) is 9.95. The van der Waals surface area contributed by atoms with Crippen LogP contribution in [0.15, 0.2) is 42.5 Å². The third kappa shape index (κ3) is 4.88. The van der Waals surface area contributed by atoms with Gasteiger partial charge in [-0.2, -0.15) is 0 Å². The second-order valence-corrected chi connectivity index (χ2v) is 7.30. The van der Waals surface area contributed by atoms with E-state index in [0.29, 0.717) is 12.0 Å². The number of carbonyl (C=O) groups is 3. The highest BCUT2D eigenvalue weighted by Gasteiger charge is 2.40. The Balaban J connectivity index is 1.96. The van der Waals surface area contributed by atoms with Crippen LogP contribution in [0.4, 0.5) is 8.78 Å². The molecule has 3 N–H and O–H groups in total. The Morgan fingerprint density at radius 2 is 1.65 bits per heavy atom. The summed E-state index contributed by atoms with van der Waals surface area (Å²) >= 11 is 0. The number of benzene rings is 2.